The van der Waals surface area contributed by atoms with Crippen molar-refractivity contribution >= 4 is 23.8 Å². The van der Waals surface area contributed by atoms with Gasteiger partial charge in [-0.05, 0) is 54.7 Å². The zero-order valence-electron chi connectivity index (χ0n) is 20.9. The van der Waals surface area contributed by atoms with Crippen LogP contribution in [-0.4, -0.2) is 57.7 Å². The summed E-state index contributed by atoms with van der Waals surface area (Å²) in [4.78, 5) is 33.7. The molecule has 2 aliphatic heterocycles. The molecular formula is C29H31N3O4S. The van der Waals surface area contributed by atoms with Gasteiger partial charge >= 0.3 is 12.1 Å². The van der Waals surface area contributed by atoms with Gasteiger partial charge in [-0.1, -0.05) is 60.3 Å². The number of cyclic esters (lactones) is 1. The number of piperidine rings is 1. The fourth-order valence-electron chi connectivity index (χ4n) is 5.13. The number of carbonyl (C=O) groups is 2. The van der Waals surface area contributed by atoms with E-state index in [1.807, 2.05) is 54.3 Å². The third-order valence-corrected chi connectivity index (χ3v) is 8.06. The van der Waals surface area contributed by atoms with Gasteiger partial charge in [0, 0.05) is 36.3 Å². The summed E-state index contributed by atoms with van der Waals surface area (Å²) in [6.45, 7) is 5.16. The summed E-state index contributed by atoms with van der Waals surface area (Å²) in [7, 11) is 0. The highest BCUT2D eigenvalue weighted by molar-refractivity contribution is 7.99. The first-order chi connectivity index (χ1) is 18.0. The molecule has 8 heteroatoms. The molecule has 37 heavy (non-hydrogen) atoms. The second kappa shape index (κ2) is 11.4. The van der Waals surface area contributed by atoms with Crippen molar-refractivity contribution in [1.82, 2.24) is 14.8 Å². The number of ether oxygens (including phenoxy) is 1. The molecule has 0 bridgehead atoms. The number of carboxylic acids is 1. The van der Waals surface area contributed by atoms with Gasteiger partial charge in [0.2, 0.25) is 0 Å². The molecule has 1 aromatic heterocycles. The van der Waals surface area contributed by atoms with Crippen LogP contribution in [0.25, 0.3) is 0 Å². The highest BCUT2D eigenvalue weighted by atomic mass is 32.2. The molecule has 1 N–H and O–H groups in total. The van der Waals surface area contributed by atoms with Crippen LogP contribution in [0.1, 0.15) is 41.3 Å². The number of hydrogen-bond acceptors (Lipinski definition) is 6. The Labute approximate surface area is 221 Å². The molecule has 2 aromatic carbocycles. The number of benzene rings is 2. The third kappa shape index (κ3) is 6.14. The predicted molar refractivity (Wildman–Crippen MR) is 142 cm³/mol. The fraction of sp³-hybridized carbons (Fsp3) is 0.345. The molecule has 2 aliphatic rings. The molecule has 0 radical (unpaired) electrons. The molecule has 5 rings (SSSR count). The molecule has 0 saturated carbocycles. The van der Waals surface area contributed by atoms with Crippen molar-refractivity contribution in [1.29, 1.82) is 0 Å². The van der Waals surface area contributed by atoms with Crippen LogP contribution in [-0.2, 0) is 22.5 Å². The Morgan fingerprint density at radius 3 is 2.46 bits per heavy atom. The molecule has 1 unspecified atom stereocenters. The largest absolute Gasteiger partial charge is 0.481 e. The Bertz CT molecular complexity index is 1240. The molecule has 2 saturated heterocycles. The Kier molecular flexibility index (Phi) is 7.76. The van der Waals surface area contributed by atoms with Crippen molar-refractivity contribution in [3.05, 3.63) is 89.1 Å². The highest BCUT2D eigenvalue weighted by Gasteiger charge is 2.40. The molecule has 7 nitrogen and oxygen atoms in total. The molecule has 1 amide bonds. The first-order valence-electron chi connectivity index (χ1n) is 12.6. The smallest absolute Gasteiger partial charge is 0.410 e. The molecule has 1 atom stereocenters. The maximum Gasteiger partial charge on any atom is 0.410 e. The SMILES string of the molecule is Cc1nc(Sc2ccc(CC(=O)O)cc2)ccc1CN1CCC(N2C(=O)OCC2c2ccccc2)CC1. The van der Waals surface area contributed by atoms with E-state index < -0.39 is 5.97 Å². The summed E-state index contributed by atoms with van der Waals surface area (Å²) in [6.07, 6.45) is 1.69. The standard InChI is InChI=1S/C29H31N3O4S/c1-20-23(9-12-27(30-20)37-25-10-7-21(8-11-25)17-28(33)34)18-31-15-13-24(14-16-31)32-26(19-36-29(32)35)22-5-3-2-4-6-22/h2-12,24,26H,13-19H2,1H3,(H,33,34). The fourth-order valence-corrected chi connectivity index (χ4v) is 5.96. The zero-order chi connectivity index (χ0) is 25.8. The van der Waals surface area contributed by atoms with Crippen molar-refractivity contribution in [2.24, 2.45) is 0 Å². The van der Waals surface area contributed by atoms with Gasteiger partial charge in [-0.15, -0.1) is 0 Å². The average Bonchev–Trinajstić information content (AvgIpc) is 3.29. The molecule has 3 heterocycles. The van der Waals surface area contributed by atoms with E-state index in [4.69, 9.17) is 14.8 Å². The zero-order valence-corrected chi connectivity index (χ0v) is 21.7. The van der Waals surface area contributed by atoms with Crippen LogP contribution in [0.15, 0.2) is 76.7 Å². The number of amides is 1. The van der Waals surface area contributed by atoms with E-state index in [-0.39, 0.29) is 24.6 Å². The lowest BCUT2D eigenvalue weighted by Crippen LogP contribution is -2.46. The van der Waals surface area contributed by atoms with E-state index in [9.17, 15) is 9.59 Å². The third-order valence-electron chi connectivity index (χ3n) is 7.11. The molecule has 0 spiro atoms. The van der Waals surface area contributed by atoms with E-state index in [1.54, 1.807) is 11.8 Å². The first kappa shape index (κ1) is 25.3. The van der Waals surface area contributed by atoms with Crippen molar-refractivity contribution in [2.75, 3.05) is 19.7 Å². The molecule has 192 valence electrons. The lowest BCUT2D eigenvalue weighted by molar-refractivity contribution is -0.136. The number of aliphatic carboxylic acids is 1. The van der Waals surface area contributed by atoms with Crippen LogP contribution < -0.4 is 0 Å². The second-order valence-electron chi connectivity index (χ2n) is 9.63. The predicted octanol–water partition coefficient (Wildman–Crippen LogP) is 5.33. The van der Waals surface area contributed by atoms with E-state index >= 15 is 0 Å². The van der Waals surface area contributed by atoms with Crippen LogP contribution in [0.4, 0.5) is 4.79 Å². The minimum Gasteiger partial charge on any atom is -0.481 e. The van der Waals surface area contributed by atoms with E-state index in [1.165, 1.54) is 5.56 Å². The number of rotatable bonds is 8. The van der Waals surface area contributed by atoms with Crippen LogP contribution in [0.2, 0.25) is 0 Å². The number of aromatic nitrogens is 1. The number of aryl methyl sites for hydroxylation is 1. The van der Waals surface area contributed by atoms with Gasteiger partial charge in [-0.2, -0.15) is 0 Å². The summed E-state index contributed by atoms with van der Waals surface area (Å²) in [5.41, 5.74) is 4.15. The van der Waals surface area contributed by atoms with E-state index in [2.05, 4.69) is 29.2 Å². The van der Waals surface area contributed by atoms with Gasteiger partial charge in [0.15, 0.2) is 0 Å². The number of hydrogen-bond donors (Lipinski definition) is 1. The maximum absolute atomic E-state index is 12.6. The number of carbonyl (C=O) groups excluding carboxylic acids is 1. The quantitative estimate of drug-likeness (QED) is 0.433. The second-order valence-corrected chi connectivity index (χ2v) is 10.7. The lowest BCUT2D eigenvalue weighted by atomic mass is 9.99. The van der Waals surface area contributed by atoms with Crippen molar-refractivity contribution in [3.63, 3.8) is 0 Å². The molecular weight excluding hydrogens is 486 g/mol. The maximum atomic E-state index is 12.6. The van der Waals surface area contributed by atoms with Crippen LogP contribution in [0.3, 0.4) is 0 Å². The molecule has 3 aromatic rings. The van der Waals surface area contributed by atoms with Gasteiger partial charge in [0.05, 0.1) is 12.5 Å². The summed E-state index contributed by atoms with van der Waals surface area (Å²) in [6, 6.07) is 22.1. The van der Waals surface area contributed by atoms with Crippen molar-refractivity contribution in [3.8, 4) is 0 Å². The molecule has 2 fully saturated rings. The molecule has 0 aliphatic carbocycles. The van der Waals surface area contributed by atoms with Gasteiger partial charge in [0.25, 0.3) is 0 Å². The van der Waals surface area contributed by atoms with Gasteiger partial charge in [-0.3, -0.25) is 14.6 Å². The number of likely N-dealkylation sites (tertiary alicyclic amines) is 1. The summed E-state index contributed by atoms with van der Waals surface area (Å²) >= 11 is 1.58. The topological polar surface area (TPSA) is 83.0 Å². The minimum absolute atomic E-state index is 0.00453. The number of carboxylic acid groups (broad SMARTS) is 1. The van der Waals surface area contributed by atoms with Crippen molar-refractivity contribution < 1.29 is 19.4 Å². The summed E-state index contributed by atoms with van der Waals surface area (Å²) in [5, 5.41) is 9.85. The average molecular weight is 518 g/mol. The normalized spacial score (nSPS) is 18.7. The number of pyridine rings is 1. The first-order valence-corrected chi connectivity index (χ1v) is 13.5. The van der Waals surface area contributed by atoms with E-state index in [0.29, 0.717) is 6.61 Å². The van der Waals surface area contributed by atoms with Crippen molar-refractivity contribution in [2.45, 2.75) is 54.7 Å². The van der Waals surface area contributed by atoms with Gasteiger partial charge < -0.3 is 9.84 Å². The van der Waals surface area contributed by atoms with Crippen LogP contribution >= 0.6 is 11.8 Å². The Balaban J connectivity index is 1.16. The summed E-state index contributed by atoms with van der Waals surface area (Å²) in [5.74, 6) is -0.826. The van der Waals surface area contributed by atoms with Gasteiger partial charge in [0.1, 0.15) is 11.6 Å². The van der Waals surface area contributed by atoms with Gasteiger partial charge in [-0.25, -0.2) is 9.78 Å². The Hall–Kier alpha value is -3.36. The number of nitrogens with zero attached hydrogens (tertiary/aromatic N) is 3. The Morgan fingerprint density at radius 2 is 1.78 bits per heavy atom. The van der Waals surface area contributed by atoms with E-state index in [0.717, 1.165) is 59.2 Å². The van der Waals surface area contributed by atoms with Crippen LogP contribution in [0, 0.1) is 6.92 Å². The lowest BCUT2D eigenvalue weighted by Gasteiger charge is -2.38. The Morgan fingerprint density at radius 1 is 1.05 bits per heavy atom. The minimum atomic E-state index is -0.826. The van der Waals surface area contributed by atoms with Crippen LogP contribution in [0.5, 0.6) is 0 Å². The summed E-state index contributed by atoms with van der Waals surface area (Å²) < 4.78 is 5.44. The monoisotopic (exact) mass is 517 g/mol. The highest BCUT2D eigenvalue weighted by Crippen LogP contribution is 2.33.